The molecule has 12 rings (SSSR count). The average Bonchev–Trinajstić information content (AvgIpc) is 1.51. The number of rotatable bonds is 7. The van der Waals surface area contributed by atoms with Gasteiger partial charge in [-0.2, -0.15) is 111 Å². The Kier molecular flexibility index (Phi) is 15.3. The van der Waals surface area contributed by atoms with Crippen molar-refractivity contribution in [1.82, 2.24) is 14.1 Å². The summed E-state index contributed by atoms with van der Waals surface area (Å²) in [4.78, 5) is 4.52. The van der Waals surface area contributed by atoms with Crippen LogP contribution >= 0.6 is 0 Å². The van der Waals surface area contributed by atoms with Crippen LogP contribution in [0.25, 0.3) is 111 Å². The predicted octanol–water partition coefficient (Wildman–Crippen LogP) is 23.6. The molecule has 0 radical (unpaired) electrons. The number of hydrogen-bond donors (Lipinski definition) is 0. The number of nitriles is 1. The van der Waals surface area contributed by atoms with E-state index in [-0.39, 0.29) is 118 Å². The van der Waals surface area contributed by atoms with E-state index in [1.54, 1.807) is 0 Å². The lowest BCUT2D eigenvalue weighted by molar-refractivity contribution is -0.144. The average molecular weight is 1360 g/mol. The number of fused-ring (bicyclic) bond motifs is 6. The molecule has 0 bridgehead atoms. The fraction of sp³-hybridized carbons (Fsp3) is 0.118. The van der Waals surface area contributed by atoms with Crippen molar-refractivity contribution in [3.63, 3.8) is 0 Å². The van der Waals surface area contributed by atoms with Gasteiger partial charge in [0.25, 0.3) is 0 Å². The number of benzene rings is 9. The fourth-order valence-electron chi connectivity index (χ4n) is 11.6. The van der Waals surface area contributed by atoms with Crippen molar-refractivity contribution in [2.24, 2.45) is 0 Å². The molecule has 0 spiro atoms. The Bertz CT molecular complexity index is 4510. The molecule has 0 atom stereocenters. The van der Waals surface area contributed by atoms with Gasteiger partial charge in [0.2, 0.25) is 0 Å². The molecule has 0 amide bonds. The maximum Gasteiger partial charge on any atom is 0.416 e. The second kappa shape index (κ2) is 22.3. The zero-order chi connectivity index (χ0) is 69.5. The Hall–Kier alpha value is -10.5. The van der Waals surface area contributed by atoms with Crippen molar-refractivity contribution in [3.8, 4) is 73.1 Å². The summed E-state index contributed by atoms with van der Waals surface area (Å²) in [6, 6.07) is 23.6. The Morgan fingerprint density at radius 3 is 0.719 bits per heavy atom. The van der Waals surface area contributed by atoms with E-state index < -0.39 is 116 Å². The van der Waals surface area contributed by atoms with Crippen molar-refractivity contribution in [3.05, 3.63) is 232 Å². The van der Waals surface area contributed by atoms with Crippen LogP contribution in [0.3, 0.4) is 0 Å². The third-order valence-corrected chi connectivity index (χ3v) is 15.9. The highest BCUT2D eigenvalue weighted by molar-refractivity contribution is 6.14. The van der Waals surface area contributed by atoms with Crippen LogP contribution in [0.2, 0.25) is 0 Å². The van der Waals surface area contributed by atoms with Crippen LogP contribution in [0.1, 0.15) is 50.1 Å². The van der Waals surface area contributed by atoms with E-state index in [2.05, 4.69) is 4.98 Å². The van der Waals surface area contributed by atoms with E-state index in [1.807, 2.05) is 6.07 Å². The van der Waals surface area contributed by atoms with Crippen LogP contribution in [0, 0.1) is 11.3 Å². The van der Waals surface area contributed by atoms with Gasteiger partial charge in [-0.1, -0.05) is 36.4 Å². The molecule has 96 heavy (non-hydrogen) atoms. The lowest BCUT2D eigenvalue weighted by Gasteiger charge is -2.20. The predicted molar refractivity (Wildman–Crippen MR) is 305 cm³/mol. The smallest absolute Gasteiger partial charge is 0.307 e. The molecule has 9 aromatic carbocycles. The molecular formula is C68H30F24N4. The molecule has 3 aromatic heterocycles. The standard InChI is InChI=1S/C68H30F24N4/c69-61(70,71)42-13-38(14-43(25-42)62(72,73)74)33-4-8-54-50(21-33)51-22-34(39-15-44(63(75,76)77)26-45(16-39)64(78,79)80)5-9-55(51)95(54)58-30-94-31-59(60(58)37-3-1-2-32(12-37)29-93)96-56-10-6-35(40-17-46(65(81,82)83)27-47(18-40)66(84,85)86)23-52(56)53-24-36(7-11-57(53)96)41-19-48(67(87,88)89)28-49(20-41)68(90,91)92/h1-28,30-31H. The summed E-state index contributed by atoms with van der Waals surface area (Å²) in [6.45, 7) is 0. The largest absolute Gasteiger partial charge is 0.416 e. The van der Waals surface area contributed by atoms with Crippen LogP contribution in [-0.4, -0.2) is 14.1 Å². The zero-order valence-corrected chi connectivity index (χ0v) is 47.2. The molecule has 12 aromatic rings. The minimum absolute atomic E-state index is 0.0261. The maximum atomic E-state index is 14.3. The molecule has 0 unspecified atom stereocenters. The minimum atomic E-state index is -5.37. The molecule has 0 fully saturated rings. The summed E-state index contributed by atoms with van der Waals surface area (Å²) in [7, 11) is 0. The van der Waals surface area contributed by atoms with Crippen molar-refractivity contribution in [2.75, 3.05) is 0 Å². The van der Waals surface area contributed by atoms with Gasteiger partial charge in [0.15, 0.2) is 0 Å². The van der Waals surface area contributed by atoms with Gasteiger partial charge in [-0.3, -0.25) is 4.98 Å². The number of pyridine rings is 1. The van der Waals surface area contributed by atoms with E-state index in [4.69, 9.17) is 0 Å². The zero-order valence-electron chi connectivity index (χ0n) is 47.2. The third-order valence-electron chi connectivity index (χ3n) is 15.9. The second-order valence-corrected chi connectivity index (χ2v) is 22.0. The normalized spacial score (nSPS) is 13.2. The topological polar surface area (TPSA) is 46.5 Å². The molecule has 4 nitrogen and oxygen atoms in total. The van der Waals surface area contributed by atoms with Gasteiger partial charge in [0.05, 0.1) is 102 Å². The van der Waals surface area contributed by atoms with Crippen molar-refractivity contribution in [1.29, 1.82) is 5.26 Å². The molecular weight excluding hydrogens is 1330 g/mol. The van der Waals surface area contributed by atoms with E-state index in [0.29, 0.717) is 48.5 Å². The molecule has 0 saturated heterocycles. The summed E-state index contributed by atoms with van der Waals surface area (Å²) in [6.07, 6.45) is -40.5. The Morgan fingerprint density at radius 2 is 0.500 bits per heavy atom. The molecule has 28 heteroatoms. The highest BCUT2D eigenvalue weighted by atomic mass is 19.4. The van der Waals surface area contributed by atoms with Gasteiger partial charge >= 0.3 is 49.4 Å². The molecule has 3 heterocycles. The van der Waals surface area contributed by atoms with Crippen LogP contribution < -0.4 is 0 Å². The Labute approximate surface area is 521 Å². The van der Waals surface area contributed by atoms with E-state index >= 15 is 0 Å². The molecule has 0 N–H and O–H groups in total. The summed E-state index contributed by atoms with van der Waals surface area (Å²) in [5, 5.41) is 9.74. The number of hydrogen-bond acceptors (Lipinski definition) is 2. The van der Waals surface area contributed by atoms with Crippen molar-refractivity contribution in [2.45, 2.75) is 49.4 Å². The first-order valence-electron chi connectivity index (χ1n) is 27.4. The van der Waals surface area contributed by atoms with Gasteiger partial charge in [-0.25, -0.2) is 0 Å². The number of halogens is 24. The molecule has 0 saturated carbocycles. The number of aromatic nitrogens is 3. The van der Waals surface area contributed by atoms with Crippen LogP contribution in [-0.2, 0) is 49.4 Å². The SMILES string of the molecule is N#Cc1cccc(-c2c(-n3c4ccc(-c5cc(C(F)(F)F)cc(C(F)(F)F)c5)cc4c4cc(-c5cc(C(F)(F)F)cc(C(F)(F)F)c5)ccc43)cncc2-n2c3ccc(-c4cc(C(F)(F)F)cc(C(F)(F)F)c4)cc3c3cc(-c4cc(C(F)(F)F)cc(C(F)(F)F)c4)ccc32)c1. The van der Waals surface area contributed by atoms with E-state index in [9.17, 15) is 111 Å². The molecule has 0 aliphatic heterocycles. The lowest BCUT2D eigenvalue weighted by Crippen LogP contribution is -2.11. The first-order chi connectivity index (χ1) is 44.5. The van der Waals surface area contributed by atoms with E-state index in [0.717, 1.165) is 48.5 Å². The summed E-state index contributed by atoms with van der Waals surface area (Å²) < 4.78 is 347. The quantitative estimate of drug-likeness (QED) is 0.149. The molecule has 490 valence electrons. The number of nitrogens with zero attached hydrogens (tertiary/aromatic N) is 4. The highest BCUT2D eigenvalue weighted by Gasteiger charge is 2.42. The van der Waals surface area contributed by atoms with Gasteiger partial charge < -0.3 is 9.13 Å². The second-order valence-electron chi connectivity index (χ2n) is 22.0. The monoisotopic (exact) mass is 1360 g/mol. The molecule has 0 aliphatic carbocycles. The van der Waals surface area contributed by atoms with E-state index in [1.165, 1.54) is 70.1 Å². The number of alkyl halides is 24. The van der Waals surface area contributed by atoms with Crippen LogP contribution in [0.4, 0.5) is 105 Å². The minimum Gasteiger partial charge on any atom is -0.307 e. The van der Waals surface area contributed by atoms with Gasteiger partial charge in [0.1, 0.15) is 0 Å². The Balaban J connectivity index is 1.19. The van der Waals surface area contributed by atoms with Crippen molar-refractivity contribution < 1.29 is 105 Å². The summed E-state index contributed by atoms with van der Waals surface area (Å²) in [5.74, 6) is 0. The van der Waals surface area contributed by atoms with Gasteiger partial charge in [-0.15, -0.1) is 0 Å². The highest BCUT2D eigenvalue weighted by Crippen LogP contribution is 2.49. The van der Waals surface area contributed by atoms with Crippen LogP contribution in [0.15, 0.2) is 182 Å². The van der Waals surface area contributed by atoms with Gasteiger partial charge in [0, 0.05) is 27.1 Å². The van der Waals surface area contributed by atoms with Gasteiger partial charge in [-0.05, 0) is 184 Å². The first kappa shape index (κ1) is 65.6. The maximum absolute atomic E-state index is 14.3. The van der Waals surface area contributed by atoms with Crippen LogP contribution in [0.5, 0.6) is 0 Å². The summed E-state index contributed by atoms with van der Waals surface area (Å²) in [5.41, 5.74) is -18.5. The molecule has 0 aliphatic rings. The first-order valence-corrected chi connectivity index (χ1v) is 27.4. The Morgan fingerprint density at radius 1 is 0.260 bits per heavy atom. The van der Waals surface area contributed by atoms with Crippen molar-refractivity contribution >= 4 is 43.6 Å². The summed E-state index contributed by atoms with van der Waals surface area (Å²) >= 11 is 0. The fourth-order valence-corrected chi connectivity index (χ4v) is 11.6. The third kappa shape index (κ3) is 12.3. The lowest BCUT2D eigenvalue weighted by atomic mass is 9.96.